The number of hydrogen-bond acceptors (Lipinski definition) is 3. The molecule has 2 aromatic rings. The summed E-state index contributed by atoms with van der Waals surface area (Å²) in [6, 6.07) is 13.2. The van der Waals surface area contributed by atoms with Gasteiger partial charge in [-0.15, -0.1) is 0 Å². The summed E-state index contributed by atoms with van der Waals surface area (Å²) in [4.78, 5) is 18.0. The fraction of sp³-hybridized carbons (Fsp3) is 0.294. The Bertz CT molecular complexity index is 645. The lowest BCUT2D eigenvalue weighted by molar-refractivity contribution is 0.0939. The summed E-state index contributed by atoms with van der Waals surface area (Å²) in [5, 5.41) is 3.00. The normalized spacial score (nSPS) is 20.9. The Kier molecular flexibility index (Phi) is 4.04. The number of halogens is 1. The molecule has 1 N–H and O–H groups in total. The Hall–Kier alpha value is -2.43. The number of rotatable bonds is 3. The van der Waals surface area contributed by atoms with Crippen LogP contribution < -0.4 is 10.2 Å². The van der Waals surface area contributed by atoms with Crippen LogP contribution in [0.4, 0.5) is 10.1 Å². The van der Waals surface area contributed by atoms with Crippen molar-refractivity contribution < 1.29 is 9.18 Å². The lowest BCUT2D eigenvalue weighted by Gasteiger charge is -2.23. The minimum absolute atomic E-state index is 0.0766. The number of carbonyl (C=O) groups excluding carboxylic acids is 1. The van der Waals surface area contributed by atoms with Crippen LogP contribution in [0.15, 0.2) is 48.7 Å². The smallest absolute Gasteiger partial charge is 0.253 e. The summed E-state index contributed by atoms with van der Waals surface area (Å²) < 4.78 is 12.8. The van der Waals surface area contributed by atoms with Crippen LogP contribution in [0, 0.1) is 5.95 Å². The molecule has 0 aliphatic carbocycles. The van der Waals surface area contributed by atoms with Gasteiger partial charge in [-0.2, -0.15) is 4.39 Å². The van der Waals surface area contributed by atoms with Gasteiger partial charge in [0.2, 0.25) is 5.95 Å². The van der Waals surface area contributed by atoms with Gasteiger partial charge in [0.1, 0.15) is 0 Å². The van der Waals surface area contributed by atoms with Crippen LogP contribution in [0.5, 0.6) is 0 Å². The van der Waals surface area contributed by atoms with Crippen LogP contribution >= 0.6 is 0 Å². The maximum absolute atomic E-state index is 12.8. The minimum atomic E-state index is -0.582. The molecule has 2 atom stereocenters. The average molecular weight is 299 g/mol. The number of nitrogens with zero attached hydrogens (tertiary/aromatic N) is 2. The number of para-hydroxylation sites is 1. The molecule has 1 saturated heterocycles. The maximum atomic E-state index is 12.8. The molecular formula is C17H18FN3O. The Morgan fingerprint density at radius 3 is 2.73 bits per heavy atom. The van der Waals surface area contributed by atoms with Crippen LogP contribution in [-0.2, 0) is 0 Å². The molecule has 1 aliphatic heterocycles. The largest absolute Gasteiger partial charge is 0.367 e. The first kappa shape index (κ1) is 14.5. The molecule has 0 spiro atoms. The second kappa shape index (κ2) is 6.13. The number of hydrogen-bond donors (Lipinski definition) is 1. The third-order valence-corrected chi connectivity index (χ3v) is 3.99. The van der Waals surface area contributed by atoms with E-state index >= 15 is 0 Å². The molecule has 1 aliphatic rings. The van der Waals surface area contributed by atoms with Gasteiger partial charge in [0.25, 0.3) is 5.91 Å². The van der Waals surface area contributed by atoms with Crippen molar-refractivity contribution in [2.24, 2.45) is 0 Å². The van der Waals surface area contributed by atoms with Gasteiger partial charge < -0.3 is 10.2 Å². The van der Waals surface area contributed by atoms with E-state index in [1.807, 2.05) is 18.2 Å². The van der Waals surface area contributed by atoms with Gasteiger partial charge >= 0.3 is 0 Å². The highest BCUT2D eigenvalue weighted by atomic mass is 19.1. The van der Waals surface area contributed by atoms with Crippen molar-refractivity contribution in [1.29, 1.82) is 0 Å². The molecule has 3 rings (SSSR count). The molecule has 2 heterocycles. The molecule has 114 valence electrons. The Morgan fingerprint density at radius 2 is 2.05 bits per heavy atom. The summed E-state index contributed by atoms with van der Waals surface area (Å²) >= 11 is 0. The maximum Gasteiger partial charge on any atom is 0.253 e. The zero-order valence-corrected chi connectivity index (χ0v) is 12.4. The second-order valence-corrected chi connectivity index (χ2v) is 5.61. The summed E-state index contributed by atoms with van der Waals surface area (Å²) in [6.45, 7) is 2.92. The standard InChI is InChI=1S/C17H18FN3O/c1-12-9-14(11-21(12)15-5-3-2-4-6-15)20-17(22)13-7-8-16(18)19-10-13/h2-8,10,12,14H,9,11H2,1H3,(H,20,22)/t12-,14+/m0/s1. The van der Waals surface area contributed by atoms with Gasteiger partial charge in [-0.25, -0.2) is 4.98 Å². The number of anilines is 1. The van der Waals surface area contributed by atoms with Gasteiger partial charge in [-0.1, -0.05) is 18.2 Å². The van der Waals surface area contributed by atoms with E-state index in [4.69, 9.17) is 0 Å². The molecule has 0 radical (unpaired) electrons. The number of aromatic nitrogens is 1. The average Bonchev–Trinajstić information content (AvgIpc) is 2.89. The van der Waals surface area contributed by atoms with Gasteiger partial charge in [0.15, 0.2) is 0 Å². The van der Waals surface area contributed by atoms with Crippen molar-refractivity contribution in [3.63, 3.8) is 0 Å². The summed E-state index contributed by atoms with van der Waals surface area (Å²) in [5.41, 5.74) is 1.54. The molecule has 0 bridgehead atoms. The van der Waals surface area contributed by atoms with Crippen molar-refractivity contribution in [2.45, 2.75) is 25.4 Å². The predicted octanol–water partition coefficient (Wildman–Crippen LogP) is 2.62. The number of carbonyl (C=O) groups is 1. The van der Waals surface area contributed by atoms with Gasteiger partial charge in [-0.05, 0) is 37.6 Å². The molecule has 1 amide bonds. The van der Waals surface area contributed by atoms with E-state index in [0.717, 1.165) is 18.7 Å². The van der Waals surface area contributed by atoms with E-state index < -0.39 is 5.95 Å². The number of nitrogens with one attached hydrogen (secondary N) is 1. The van der Waals surface area contributed by atoms with Crippen LogP contribution in [0.2, 0.25) is 0 Å². The zero-order chi connectivity index (χ0) is 15.5. The van der Waals surface area contributed by atoms with Gasteiger partial charge in [0.05, 0.1) is 5.56 Å². The lowest BCUT2D eigenvalue weighted by atomic mass is 10.1. The summed E-state index contributed by atoms with van der Waals surface area (Å²) in [6.07, 6.45) is 2.15. The number of pyridine rings is 1. The quantitative estimate of drug-likeness (QED) is 0.886. The molecule has 5 heteroatoms. The third-order valence-electron chi connectivity index (χ3n) is 3.99. The molecule has 0 saturated carbocycles. The van der Waals surface area contributed by atoms with Crippen molar-refractivity contribution in [2.75, 3.05) is 11.4 Å². The van der Waals surface area contributed by atoms with Gasteiger partial charge in [0, 0.05) is 30.5 Å². The van der Waals surface area contributed by atoms with E-state index in [2.05, 4.69) is 34.3 Å². The van der Waals surface area contributed by atoms with E-state index in [9.17, 15) is 9.18 Å². The third kappa shape index (κ3) is 3.08. The first-order valence-corrected chi connectivity index (χ1v) is 7.37. The van der Waals surface area contributed by atoms with Crippen LogP contribution in [0.25, 0.3) is 0 Å². The minimum Gasteiger partial charge on any atom is -0.367 e. The molecule has 1 aromatic carbocycles. The Balaban J connectivity index is 1.65. The fourth-order valence-corrected chi connectivity index (χ4v) is 2.89. The lowest BCUT2D eigenvalue weighted by Crippen LogP contribution is -2.37. The highest BCUT2D eigenvalue weighted by Gasteiger charge is 2.30. The SMILES string of the molecule is C[C@H]1C[C@@H](NC(=O)c2ccc(F)nc2)CN1c1ccccc1. The van der Waals surface area contributed by atoms with Crippen LogP contribution in [-0.4, -0.2) is 29.5 Å². The van der Waals surface area contributed by atoms with E-state index in [1.165, 1.54) is 18.3 Å². The van der Waals surface area contributed by atoms with Crippen molar-refractivity contribution in [3.05, 3.63) is 60.2 Å². The summed E-state index contributed by atoms with van der Waals surface area (Å²) in [5.74, 6) is -0.791. The highest BCUT2D eigenvalue weighted by Crippen LogP contribution is 2.25. The van der Waals surface area contributed by atoms with E-state index in [0.29, 0.717) is 11.6 Å². The molecule has 22 heavy (non-hydrogen) atoms. The predicted molar refractivity (Wildman–Crippen MR) is 83.3 cm³/mol. The van der Waals surface area contributed by atoms with Gasteiger partial charge in [-0.3, -0.25) is 4.79 Å². The summed E-state index contributed by atoms with van der Waals surface area (Å²) in [7, 11) is 0. The molecular weight excluding hydrogens is 281 g/mol. The van der Waals surface area contributed by atoms with Crippen molar-refractivity contribution >= 4 is 11.6 Å². The van der Waals surface area contributed by atoms with Crippen LogP contribution in [0.1, 0.15) is 23.7 Å². The first-order valence-electron chi connectivity index (χ1n) is 7.37. The molecule has 1 fully saturated rings. The topological polar surface area (TPSA) is 45.2 Å². The number of amides is 1. The number of benzene rings is 1. The molecule has 0 unspecified atom stereocenters. The monoisotopic (exact) mass is 299 g/mol. The Morgan fingerprint density at radius 1 is 1.27 bits per heavy atom. The molecule has 1 aromatic heterocycles. The Labute approximate surface area is 129 Å². The van der Waals surface area contributed by atoms with Crippen LogP contribution in [0.3, 0.4) is 0 Å². The van der Waals surface area contributed by atoms with E-state index in [1.54, 1.807) is 0 Å². The zero-order valence-electron chi connectivity index (χ0n) is 12.4. The van der Waals surface area contributed by atoms with Crippen molar-refractivity contribution in [3.8, 4) is 0 Å². The van der Waals surface area contributed by atoms with E-state index in [-0.39, 0.29) is 11.9 Å². The first-order chi connectivity index (χ1) is 10.6. The molecule has 4 nitrogen and oxygen atoms in total. The fourth-order valence-electron chi connectivity index (χ4n) is 2.89. The second-order valence-electron chi connectivity index (χ2n) is 5.61. The highest BCUT2D eigenvalue weighted by molar-refractivity contribution is 5.94. The van der Waals surface area contributed by atoms with Crippen molar-refractivity contribution in [1.82, 2.24) is 10.3 Å².